The lowest BCUT2D eigenvalue weighted by Gasteiger charge is -2.40. The predicted molar refractivity (Wildman–Crippen MR) is 121 cm³/mol. The number of fused-ring (bicyclic) bond motifs is 1. The van der Waals surface area contributed by atoms with Crippen LogP contribution in [0.25, 0.3) is 0 Å². The van der Waals surface area contributed by atoms with E-state index in [1.165, 1.54) is 0 Å². The van der Waals surface area contributed by atoms with Crippen molar-refractivity contribution in [2.45, 2.75) is 33.2 Å². The largest absolute Gasteiger partial charge is 0.308 e. The van der Waals surface area contributed by atoms with Crippen LogP contribution in [-0.2, 0) is 4.79 Å². The Morgan fingerprint density at radius 1 is 0.933 bits per heavy atom. The van der Waals surface area contributed by atoms with Gasteiger partial charge in [0.15, 0.2) is 0 Å². The van der Waals surface area contributed by atoms with Gasteiger partial charge in [-0.05, 0) is 55.7 Å². The van der Waals surface area contributed by atoms with Gasteiger partial charge >= 0.3 is 0 Å². The second kappa shape index (κ2) is 8.15. The first kappa shape index (κ1) is 19.9. The summed E-state index contributed by atoms with van der Waals surface area (Å²) in [6.07, 6.45) is 0.683. The molecular formula is C26H26N2O2. The Hall–Kier alpha value is -3.40. The normalized spacial score (nSPS) is 15.4. The Morgan fingerprint density at radius 3 is 2.40 bits per heavy atom. The molecule has 0 radical (unpaired) electrons. The fourth-order valence-electron chi connectivity index (χ4n) is 4.35. The van der Waals surface area contributed by atoms with Crippen molar-refractivity contribution >= 4 is 23.2 Å². The number of benzene rings is 3. The summed E-state index contributed by atoms with van der Waals surface area (Å²) in [6, 6.07) is 23.5. The number of nitrogens with zero attached hydrogens (tertiary/aromatic N) is 2. The summed E-state index contributed by atoms with van der Waals surface area (Å²) in [5.41, 5.74) is 5.60. The Bertz CT molecular complexity index is 1110. The molecule has 0 aromatic heterocycles. The summed E-state index contributed by atoms with van der Waals surface area (Å²) in [6.45, 7) is 6.18. The molecule has 1 aliphatic rings. The molecular weight excluding hydrogens is 372 g/mol. The third kappa shape index (κ3) is 3.61. The van der Waals surface area contributed by atoms with Gasteiger partial charge in [0.05, 0.1) is 6.04 Å². The van der Waals surface area contributed by atoms with Crippen LogP contribution < -0.4 is 9.80 Å². The summed E-state index contributed by atoms with van der Waals surface area (Å²) in [5.74, 6) is -0.00238. The third-order valence-electron chi connectivity index (χ3n) is 5.75. The van der Waals surface area contributed by atoms with Crippen LogP contribution >= 0.6 is 0 Å². The Kier molecular flexibility index (Phi) is 5.40. The zero-order valence-electron chi connectivity index (χ0n) is 17.6. The van der Waals surface area contributed by atoms with Gasteiger partial charge in [0.25, 0.3) is 5.91 Å². The average Bonchev–Trinajstić information content (AvgIpc) is 2.74. The fraction of sp³-hybridized carbons (Fsp3) is 0.231. The predicted octanol–water partition coefficient (Wildman–Crippen LogP) is 5.45. The lowest BCUT2D eigenvalue weighted by atomic mass is 9.93. The molecule has 0 N–H and O–H groups in total. The number of aryl methyl sites for hydroxylation is 2. The Morgan fingerprint density at radius 2 is 1.67 bits per heavy atom. The second-order valence-corrected chi connectivity index (χ2v) is 7.87. The number of para-hydroxylation sites is 2. The minimum atomic E-state index is -0.110. The number of hydrogen-bond donors (Lipinski definition) is 0. The first-order valence-electron chi connectivity index (χ1n) is 10.3. The average molecular weight is 399 g/mol. The maximum Gasteiger partial charge on any atom is 0.258 e. The van der Waals surface area contributed by atoms with Crippen LogP contribution in [0.3, 0.4) is 0 Å². The van der Waals surface area contributed by atoms with E-state index < -0.39 is 0 Å². The molecule has 2 amide bonds. The van der Waals surface area contributed by atoms with E-state index in [9.17, 15) is 9.59 Å². The molecule has 0 spiro atoms. The van der Waals surface area contributed by atoms with Crippen LogP contribution in [0.5, 0.6) is 0 Å². The van der Waals surface area contributed by atoms with Gasteiger partial charge in [-0.25, -0.2) is 0 Å². The van der Waals surface area contributed by atoms with E-state index in [2.05, 4.69) is 0 Å². The molecule has 152 valence electrons. The molecule has 30 heavy (non-hydrogen) atoms. The van der Waals surface area contributed by atoms with E-state index in [0.717, 1.165) is 28.1 Å². The van der Waals surface area contributed by atoms with Crippen molar-refractivity contribution in [3.8, 4) is 0 Å². The lowest BCUT2D eigenvalue weighted by molar-refractivity contribution is -0.117. The zero-order valence-corrected chi connectivity index (χ0v) is 17.6. The van der Waals surface area contributed by atoms with Gasteiger partial charge < -0.3 is 9.80 Å². The van der Waals surface area contributed by atoms with E-state index in [-0.39, 0.29) is 17.9 Å². The highest BCUT2D eigenvalue weighted by molar-refractivity contribution is 6.07. The Balaban J connectivity index is 1.75. The summed E-state index contributed by atoms with van der Waals surface area (Å²) in [4.78, 5) is 29.7. The van der Waals surface area contributed by atoms with Crippen LogP contribution in [0.1, 0.15) is 46.4 Å². The van der Waals surface area contributed by atoms with E-state index >= 15 is 0 Å². The Labute approximate surface area is 177 Å². The molecule has 3 aromatic carbocycles. The minimum absolute atomic E-state index is 0.00237. The first-order chi connectivity index (χ1) is 14.5. The van der Waals surface area contributed by atoms with Crippen molar-refractivity contribution in [1.29, 1.82) is 0 Å². The molecule has 4 rings (SSSR count). The standard InChI is InChI=1S/C26H26N2O2/c1-18-9-8-11-21(17-18)26(30)27-16-15-25(22-12-5-7-14-24(22)27)28(20(3)29)23-13-6-4-10-19(23)2/h4-14,17,25H,15-16H2,1-3H3. The maximum atomic E-state index is 13.3. The van der Waals surface area contributed by atoms with Gasteiger partial charge in [-0.1, -0.05) is 54.1 Å². The minimum Gasteiger partial charge on any atom is -0.308 e. The highest BCUT2D eigenvalue weighted by atomic mass is 16.2. The fourth-order valence-corrected chi connectivity index (χ4v) is 4.35. The van der Waals surface area contributed by atoms with Crippen molar-refractivity contribution in [3.05, 3.63) is 95.1 Å². The molecule has 0 saturated carbocycles. The smallest absolute Gasteiger partial charge is 0.258 e. The van der Waals surface area contributed by atoms with Crippen molar-refractivity contribution in [2.24, 2.45) is 0 Å². The van der Waals surface area contributed by atoms with Gasteiger partial charge in [-0.2, -0.15) is 0 Å². The number of anilines is 2. The quantitative estimate of drug-likeness (QED) is 0.589. The van der Waals surface area contributed by atoms with Crippen LogP contribution in [0.15, 0.2) is 72.8 Å². The molecule has 0 bridgehead atoms. The van der Waals surface area contributed by atoms with Gasteiger partial charge in [-0.3, -0.25) is 9.59 Å². The summed E-state index contributed by atoms with van der Waals surface area (Å²) in [7, 11) is 0. The van der Waals surface area contributed by atoms with E-state index in [4.69, 9.17) is 0 Å². The monoisotopic (exact) mass is 398 g/mol. The van der Waals surface area contributed by atoms with E-state index in [1.54, 1.807) is 6.92 Å². The first-order valence-corrected chi connectivity index (χ1v) is 10.3. The van der Waals surface area contributed by atoms with E-state index in [1.807, 2.05) is 96.4 Å². The number of hydrogen-bond acceptors (Lipinski definition) is 2. The topological polar surface area (TPSA) is 40.6 Å². The molecule has 1 unspecified atom stereocenters. The summed E-state index contributed by atoms with van der Waals surface area (Å²) >= 11 is 0. The molecule has 4 heteroatoms. The SMILES string of the molecule is CC(=O)N(c1ccccc1C)C1CCN(C(=O)c2cccc(C)c2)c2ccccc21. The lowest BCUT2D eigenvalue weighted by Crippen LogP contribution is -2.43. The van der Waals surface area contributed by atoms with Gasteiger partial charge in [0.2, 0.25) is 5.91 Å². The molecule has 4 nitrogen and oxygen atoms in total. The van der Waals surface area contributed by atoms with Crippen LogP contribution in [-0.4, -0.2) is 18.4 Å². The third-order valence-corrected chi connectivity index (χ3v) is 5.75. The number of rotatable bonds is 3. The molecule has 1 atom stereocenters. The number of carbonyl (C=O) groups is 2. The molecule has 1 aliphatic heterocycles. The summed E-state index contributed by atoms with van der Waals surface area (Å²) in [5, 5.41) is 0. The van der Waals surface area contributed by atoms with Gasteiger partial charge in [0.1, 0.15) is 0 Å². The number of carbonyl (C=O) groups excluding carboxylic acids is 2. The molecule has 1 heterocycles. The molecule has 0 aliphatic carbocycles. The van der Waals surface area contributed by atoms with Gasteiger partial charge in [0, 0.05) is 30.4 Å². The molecule has 0 fully saturated rings. The highest BCUT2D eigenvalue weighted by Crippen LogP contribution is 2.40. The van der Waals surface area contributed by atoms with Gasteiger partial charge in [-0.15, -0.1) is 0 Å². The maximum absolute atomic E-state index is 13.3. The van der Waals surface area contributed by atoms with Crippen LogP contribution in [0.2, 0.25) is 0 Å². The zero-order chi connectivity index (χ0) is 21.3. The van der Waals surface area contributed by atoms with E-state index in [0.29, 0.717) is 18.5 Å². The van der Waals surface area contributed by atoms with Crippen molar-refractivity contribution in [2.75, 3.05) is 16.3 Å². The van der Waals surface area contributed by atoms with Crippen LogP contribution in [0.4, 0.5) is 11.4 Å². The highest BCUT2D eigenvalue weighted by Gasteiger charge is 2.34. The van der Waals surface area contributed by atoms with Crippen molar-refractivity contribution in [3.63, 3.8) is 0 Å². The number of amides is 2. The molecule has 0 saturated heterocycles. The second-order valence-electron chi connectivity index (χ2n) is 7.87. The molecule has 3 aromatic rings. The van der Waals surface area contributed by atoms with Crippen LogP contribution in [0, 0.1) is 13.8 Å². The summed E-state index contributed by atoms with van der Waals surface area (Å²) < 4.78 is 0. The van der Waals surface area contributed by atoms with Crippen molar-refractivity contribution in [1.82, 2.24) is 0 Å². The van der Waals surface area contributed by atoms with Crippen molar-refractivity contribution < 1.29 is 9.59 Å².